The Hall–Kier alpha value is -2.11. The first-order chi connectivity index (χ1) is 7.15. The van der Waals surface area contributed by atoms with Gasteiger partial charge in [0.25, 0.3) is 0 Å². The predicted molar refractivity (Wildman–Crippen MR) is 53.1 cm³/mol. The monoisotopic (exact) mass is 208 g/mol. The second-order valence-corrected chi connectivity index (χ2v) is 2.98. The molecule has 15 heavy (non-hydrogen) atoms. The molecule has 0 fully saturated rings. The number of aromatic nitrogens is 2. The highest BCUT2D eigenvalue weighted by Gasteiger charge is 2.05. The van der Waals surface area contributed by atoms with Crippen LogP contribution >= 0.6 is 0 Å². The lowest BCUT2D eigenvalue weighted by atomic mass is 10.2. The van der Waals surface area contributed by atoms with Crippen molar-refractivity contribution in [1.82, 2.24) is 10.2 Å². The number of benzene rings is 1. The van der Waals surface area contributed by atoms with Crippen molar-refractivity contribution in [3.8, 4) is 0 Å². The van der Waals surface area contributed by atoms with Crippen LogP contribution in [-0.2, 0) is 0 Å². The summed E-state index contributed by atoms with van der Waals surface area (Å²) in [5.41, 5.74) is 6.39. The molecule has 1 aromatic heterocycles. The van der Waals surface area contributed by atoms with E-state index in [0.717, 1.165) is 0 Å². The van der Waals surface area contributed by atoms with E-state index in [-0.39, 0.29) is 17.5 Å². The van der Waals surface area contributed by atoms with Crippen molar-refractivity contribution in [3.63, 3.8) is 0 Å². The van der Waals surface area contributed by atoms with Gasteiger partial charge in [0.05, 0.1) is 11.4 Å². The van der Waals surface area contributed by atoms with Gasteiger partial charge < -0.3 is 15.5 Å². The van der Waals surface area contributed by atoms with Gasteiger partial charge in [-0.05, 0) is 18.2 Å². The maximum absolute atomic E-state index is 12.7. The minimum atomic E-state index is -0.389. The Balaban J connectivity index is 2.24. The van der Waals surface area contributed by atoms with Crippen molar-refractivity contribution in [2.24, 2.45) is 0 Å². The van der Waals surface area contributed by atoms with E-state index in [1.165, 1.54) is 18.2 Å². The summed E-state index contributed by atoms with van der Waals surface area (Å²) in [6, 6.07) is 4.24. The average molecular weight is 208 g/mol. The van der Waals surface area contributed by atoms with Crippen LogP contribution in [0.5, 0.6) is 0 Å². The van der Waals surface area contributed by atoms with Crippen LogP contribution in [0.25, 0.3) is 0 Å². The van der Waals surface area contributed by atoms with Gasteiger partial charge in [0.2, 0.25) is 5.89 Å². The maximum atomic E-state index is 12.7. The first kappa shape index (κ1) is 9.45. The molecule has 0 amide bonds. The molecule has 1 aromatic carbocycles. The number of hydrogen-bond donors (Lipinski definition) is 2. The number of aryl methyl sites for hydroxylation is 1. The van der Waals surface area contributed by atoms with Gasteiger partial charge >= 0.3 is 6.01 Å². The van der Waals surface area contributed by atoms with Gasteiger partial charge in [-0.1, -0.05) is 5.10 Å². The molecular formula is C9H9FN4O. The first-order valence-electron chi connectivity index (χ1n) is 4.27. The van der Waals surface area contributed by atoms with Crippen LogP contribution in [0.3, 0.4) is 0 Å². The maximum Gasteiger partial charge on any atom is 0.320 e. The van der Waals surface area contributed by atoms with Crippen molar-refractivity contribution >= 4 is 17.4 Å². The van der Waals surface area contributed by atoms with Gasteiger partial charge in [-0.3, -0.25) is 0 Å². The van der Waals surface area contributed by atoms with E-state index in [1.54, 1.807) is 6.92 Å². The Bertz CT molecular complexity index is 483. The van der Waals surface area contributed by atoms with Crippen molar-refractivity contribution < 1.29 is 8.81 Å². The molecule has 0 atom stereocenters. The van der Waals surface area contributed by atoms with E-state index in [2.05, 4.69) is 15.5 Å². The second kappa shape index (κ2) is 3.56. The van der Waals surface area contributed by atoms with Gasteiger partial charge in [0.15, 0.2) is 0 Å². The molecule has 0 saturated carbocycles. The molecule has 0 aliphatic heterocycles. The fourth-order valence-electron chi connectivity index (χ4n) is 1.11. The van der Waals surface area contributed by atoms with Crippen LogP contribution in [0.15, 0.2) is 22.6 Å². The summed E-state index contributed by atoms with van der Waals surface area (Å²) >= 11 is 0. The third-order valence-corrected chi connectivity index (χ3v) is 1.78. The van der Waals surface area contributed by atoms with E-state index in [0.29, 0.717) is 11.6 Å². The molecule has 6 heteroatoms. The fourth-order valence-corrected chi connectivity index (χ4v) is 1.11. The van der Waals surface area contributed by atoms with Crippen LogP contribution < -0.4 is 11.1 Å². The summed E-state index contributed by atoms with van der Waals surface area (Å²) in [6.45, 7) is 1.67. The summed E-state index contributed by atoms with van der Waals surface area (Å²) in [6.07, 6.45) is 0. The molecular weight excluding hydrogens is 199 g/mol. The Kier molecular flexibility index (Phi) is 2.24. The molecule has 0 aliphatic rings. The highest BCUT2D eigenvalue weighted by molar-refractivity contribution is 5.69. The molecule has 0 unspecified atom stereocenters. The molecule has 5 nitrogen and oxygen atoms in total. The molecule has 0 saturated heterocycles. The van der Waals surface area contributed by atoms with E-state index in [4.69, 9.17) is 10.2 Å². The average Bonchev–Trinajstić information content (AvgIpc) is 2.56. The third-order valence-electron chi connectivity index (χ3n) is 1.78. The molecule has 2 rings (SSSR count). The van der Waals surface area contributed by atoms with Crippen LogP contribution in [0, 0.1) is 12.7 Å². The minimum Gasteiger partial charge on any atom is -0.408 e. The molecule has 1 heterocycles. The lowest BCUT2D eigenvalue weighted by molar-refractivity contribution is 0.535. The number of rotatable bonds is 2. The molecule has 2 aromatic rings. The van der Waals surface area contributed by atoms with Crippen molar-refractivity contribution in [2.45, 2.75) is 6.92 Å². The second-order valence-electron chi connectivity index (χ2n) is 2.98. The van der Waals surface area contributed by atoms with Crippen molar-refractivity contribution in [1.29, 1.82) is 0 Å². The summed E-state index contributed by atoms with van der Waals surface area (Å²) < 4.78 is 17.8. The highest BCUT2D eigenvalue weighted by Crippen LogP contribution is 2.22. The quantitative estimate of drug-likeness (QED) is 0.736. The fraction of sp³-hybridized carbons (Fsp3) is 0.111. The number of nitrogens with one attached hydrogen (secondary N) is 1. The van der Waals surface area contributed by atoms with Gasteiger partial charge in [0, 0.05) is 6.92 Å². The predicted octanol–water partition coefficient (Wildman–Crippen LogP) is 1.84. The lowest BCUT2D eigenvalue weighted by Crippen LogP contribution is -1.97. The van der Waals surface area contributed by atoms with E-state index >= 15 is 0 Å². The first-order valence-corrected chi connectivity index (χ1v) is 4.27. The number of nitrogens with two attached hydrogens (primary N) is 1. The van der Waals surface area contributed by atoms with Crippen molar-refractivity contribution in [3.05, 3.63) is 29.9 Å². The van der Waals surface area contributed by atoms with Crippen LogP contribution in [0.1, 0.15) is 5.89 Å². The van der Waals surface area contributed by atoms with Gasteiger partial charge in [0.1, 0.15) is 5.82 Å². The summed E-state index contributed by atoms with van der Waals surface area (Å²) in [7, 11) is 0. The van der Waals surface area contributed by atoms with Gasteiger partial charge in [-0.25, -0.2) is 4.39 Å². The molecule has 0 aliphatic carbocycles. The topological polar surface area (TPSA) is 77.0 Å². The number of nitrogens with zero attached hydrogens (tertiary/aromatic N) is 2. The Morgan fingerprint density at radius 3 is 2.80 bits per heavy atom. The minimum absolute atomic E-state index is 0.228. The van der Waals surface area contributed by atoms with E-state index < -0.39 is 0 Å². The lowest BCUT2D eigenvalue weighted by Gasteiger charge is -2.04. The number of nitrogen functional groups attached to an aromatic ring is 1. The van der Waals surface area contributed by atoms with Gasteiger partial charge in [-0.2, -0.15) is 0 Å². The molecule has 3 N–H and O–H groups in total. The number of halogens is 1. The molecule has 0 bridgehead atoms. The summed E-state index contributed by atoms with van der Waals surface area (Å²) in [5, 5.41) is 10.2. The normalized spacial score (nSPS) is 10.3. The Labute approximate surface area is 85.1 Å². The smallest absolute Gasteiger partial charge is 0.320 e. The third kappa shape index (κ3) is 2.04. The SMILES string of the molecule is Cc1nnc(Nc2ccc(F)cc2N)o1. The number of hydrogen-bond acceptors (Lipinski definition) is 5. The molecule has 0 radical (unpaired) electrons. The zero-order valence-electron chi connectivity index (χ0n) is 7.99. The van der Waals surface area contributed by atoms with Crippen LogP contribution in [-0.4, -0.2) is 10.2 Å². The summed E-state index contributed by atoms with van der Waals surface area (Å²) in [5.74, 6) is 0.0537. The summed E-state index contributed by atoms with van der Waals surface area (Å²) in [4.78, 5) is 0. The zero-order valence-corrected chi connectivity index (χ0v) is 7.99. The van der Waals surface area contributed by atoms with Crippen LogP contribution in [0.2, 0.25) is 0 Å². The number of anilines is 3. The van der Waals surface area contributed by atoms with E-state index in [1.807, 2.05) is 0 Å². The largest absolute Gasteiger partial charge is 0.408 e. The Morgan fingerprint density at radius 2 is 2.20 bits per heavy atom. The highest BCUT2D eigenvalue weighted by atomic mass is 19.1. The molecule has 78 valence electrons. The Morgan fingerprint density at radius 1 is 1.40 bits per heavy atom. The molecule has 0 spiro atoms. The van der Waals surface area contributed by atoms with Gasteiger partial charge in [-0.15, -0.1) is 5.10 Å². The van der Waals surface area contributed by atoms with E-state index in [9.17, 15) is 4.39 Å². The standard InChI is InChI=1S/C9H9FN4O/c1-5-13-14-9(15-5)12-8-3-2-6(10)4-7(8)11/h2-4H,11H2,1H3,(H,12,14). The van der Waals surface area contributed by atoms with Crippen LogP contribution in [0.4, 0.5) is 21.8 Å². The zero-order chi connectivity index (χ0) is 10.8. The van der Waals surface area contributed by atoms with Crippen molar-refractivity contribution in [2.75, 3.05) is 11.1 Å².